The fourth-order valence-corrected chi connectivity index (χ4v) is 2.28. The van der Waals surface area contributed by atoms with Gasteiger partial charge in [-0.25, -0.2) is 4.68 Å². The molecule has 7 heteroatoms. The average Bonchev–Trinajstić information content (AvgIpc) is 3.09. The van der Waals surface area contributed by atoms with Crippen LogP contribution in [0.4, 0.5) is 0 Å². The summed E-state index contributed by atoms with van der Waals surface area (Å²) in [5.41, 5.74) is 2.57. The highest BCUT2D eigenvalue weighted by Gasteiger charge is 2.10. The Labute approximate surface area is 138 Å². The summed E-state index contributed by atoms with van der Waals surface area (Å²) in [6, 6.07) is 14.4. The number of hydrogen-bond acceptors (Lipinski definition) is 4. The summed E-state index contributed by atoms with van der Waals surface area (Å²) in [5, 5.41) is 13.7. The number of nitrogens with zero attached hydrogens (tertiary/aromatic N) is 3. The molecule has 0 aliphatic carbocycles. The van der Waals surface area contributed by atoms with Crippen molar-refractivity contribution in [1.82, 2.24) is 25.3 Å². The fourth-order valence-electron chi connectivity index (χ4n) is 2.28. The van der Waals surface area contributed by atoms with Gasteiger partial charge in [-0.3, -0.25) is 14.7 Å². The number of rotatable bonds is 5. The van der Waals surface area contributed by atoms with Gasteiger partial charge in [0.05, 0.1) is 17.9 Å². The molecular weight excluding hydrogens is 306 g/mol. The molecule has 24 heavy (non-hydrogen) atoms. The fraction of sp³-hybridized carbons (Fsp3) is 0.176. The molecule has 0 spiro atoms. The number of nitrogens with one attached hydrogen (secondary N) is 2. The van der Waals surface area contributed by atoms with Crippen molar-refractivity contribution < 1.29 is 4.79 Å². The molecule has 0 fully saturated rings. The molecule has 0 bridgehead atoms. The number of aromatic amines is 1. The molecule has 3 aromatic rings. The average molecular weight is 323 g/mol. The molecule has 1 amide bonds. The zero-order chi connectivity index (χ0) is 16.9. The van der Waals surface area contributed by atoms with Crippen molar-refractivity contribution in [3.05, 3.63) is 70.3 Å². The number of benzene rings is 1. The predicted octanol–water partition coefficient (Wildman–Crippen LogP) is 1.37. The van der Waals surface area contributed by atoms with Gasteiger partial charge in [-0.15, -0.1) is 0 Å². The maximum absolute atomic E-state index is 12.1. The number of amides is 1. The summed E-state index contributed by atoms with van der Waals surface area (Å²) in [6.45, 7) is 2.42. The van der Waals surface area contributed by atoms with E-state index in [0.29, 0.717) is 24.5 Å². The minimum Gasteiger partial charge on any atom is -0.349 e. The number of aromatic nitrogens is 4. The Morgan fingerprint density at radius 1 is 1.21 bits per heavy atom. The van der Waals surface area contributed by atoms with Gasteiger partial charge in [-0.05, 0) is 19.1 Å². The zero-order valence-electron chi connectivity index (χ0n) is 13.2. The van der Waals surface area contributed by atoms with Crippen LogP contribution >= 0.6 is 0 Å². The Morgan fingerprint density at radius 3 is 2.79 bits per heavy atom. The molecule has 7 nitrogen and oxygen atoms in total. The lowest BCUT2D eigenvalue weighted by Gasteiger charge is -2.06. The van der Waals surface area contributed by atoms with Crippen molar-refractivity contribution in [1.29, 1.82) is 0 Å². The maximum atomic E-state index is 12.1. The zero-order valence-corrected chi connectivity index (χ0v) is 13.2. The topological polar surface area (TPSA) is 92.7 Å². The number of H-pyrrole nitrogens is 1. The molecule has 1 aromatic carbocycles. The first-order chi connectivity index (χ1) is 11.6. The van der Waals surface area contributed by atoms with Crippen molar-refractivity contribution in [2.45, 2.75) is 13.5 Å². The Kier molecular flexibility index (Phi) is 4.51. The quantitative estimate of drug-likeness (QED) is 0.742. The highest BCUT2D eigenvalue weighted by molar-refractivity contribution is 5.93. The third kappa shape index (κ3) is 3.57. The SMILES string of the molecule is Cc1ccc(=O)n(CCNC(=O)c2cc(-c3ccccc3)n[nH]2)n1. The van der Waals surface area contributed by atoms with Crippen LogP contribution in [0.15, 0.2) is 53.3 Å². The van der Waals surface area contributed by atoms with Crippen LogP contribution in [0.25, 0.3) is 11.3 Å². The minimum absolute atomic E-state index is 0.192. The monoisotopic (exact) mass is 323 g/mol. The van der Waals surface area contributed by atoms with Gasteiger partial charge in [0.25, 0.3) is 11.5 Å². The van der Waals surface area contributed by atoms with Crippen LogP contribution in [0.5, 0.6) is 0 Å². The van der Waals surface area contributed by atoms with Crippen LogP contribution in [-0.4, -0.2) is 32.4 Å². The number of carbonyl (C=O) groups excluding carboxylic acids is 1. The molecule has 2 N–H and O–H groups in total. The van der Waals surface area contributed by atoms with Crippen molar-refractivity contribution >= 4 is 5.91 Å². The van der Waals surface area contributed by atoms with E-state index in [0.717, 1.165) is 11.3 Å². The second-order valence-electron chi connectivity index (χ2n) is 5.32. The van der Waals surface area contributed by atoms with E-state index in [-0.39, 0.29) is 11.5 Å². The van der Waals surface area contributed by atoms with E-state index >= 15 is 0 Å². The smallest absolute Gasteiger partial charge is 0.269 e. The van der Waals surface area contributed by atoms with Crippen molar-refractivity contribution in [3.63, 3.8) is 0 Å². The third-order valence-electron chi connectivity index (χ3n) is 3.50. The summed E-state index contributed by atoms with van der Waals surface area (Å²) in [6.07, 6.45) is 0. The van der Waals surface area contributed by atoms with Gasteiger partial charge in [0.1, 0.15) is 5.69 Å². The summed E-state index contributed by atoms with van der Waals surface area (Å²) < 4.78 is 1.33. The van der Waals surface area contributed by atoms with Crippen LogP contribution in [0.1, 0.15) is 16.2 Å². The van der Waals surface area contributed by atoms with Crippen LogP contribution in [0.2, 0.25) is 0 Å². The summed E-state index contributed by atoms with van der Waals surface area (Å²) in [4.78, 5) is 23.8. The summed E-state index contributed by atoms with van der Waals surface area (Å²) >= 11 is 0. The summed E-state index contributed by atoms with van der Waals surface area (Å²) in [7, 11) is 0. The van der Waals surface area contributed by atoms with E-state index in [1.807, 2.05) is 37.3 Å². The molecule has 0 saturated carbocycles. The number of aryl methyl sites for hydroxylation is 1. The van der Waals surface area contributed by atoms with E-state index in [4.69, 9.17) is 0 Å². The van der Waals surface area contributed by atoms with Crippen LogP contribution in [0, 0.1) is 6.92 Å². The highest BCUT2D eigenvalue weighted by Crippen LogP contribution is 2.16. The van der Waals surface area contributed by atoms with Gasteiger partial charge in [0.15, 0.2) is 0 Å². The standard InChI is InChI=1S/C17H17N5O2/c1-12-7-8-16(23)22(21-12)10-9-18-17(24)15-11-14(19-20-15)13-5-3-2-4-6-13/h2-8,11H,9-10H2,1H3,(H,18,24)(H,19,20). The number of carbonyl (C=O) groups is 1. The Bertz CT molecular complexity index is 899. The largest absolute Gasteiger partial charge is 0.349 e. The summed E-state index contributed by atoms with van der Waals surface area (Å²) in [5.74, 6) is -0.273. The Morgan fingerprint density at radius 2 is 2.00 bits per heavy atom. The lowest BCUT2D eigenvalue weighted by atomic mass is 10.1. The molecular formula is C17H17N5O2. The van der Waals surface area contributed by atoms with Gasteiger partial charge in [0, 0.05) is 18.2 Å². The molecule has 0 atom stereocenters. The van der Waals surface area contributed by atoms with E-state index in [2.05, 4.69) is 20.6 Å². The first kappa shape index (κ1) is 15.7. The van der Waals surface area contributed by atoms with Crippen molar-refractivity contribution in [3.8, 4) is 11.3 Å². The molecule has 0 unspecified atom stereocenters. The van der Waals surface area contributed by atoms with Gasteiger partial charge in [0.2, 0.25) is 0 Å². The maximum Gasteiger partial charge on any atom is 0.269 e. The van der Waals surface area contributed by atoms with E-state index in [1.54, 1.807) is 12.1 Å². The molecule has 2 heterocycles. The second kappa shape index (κ2) is 6.91. The normalized spacial score (nSPS) is 10.5. The lowest BCUT2D eigenvalue weighted by molar-refractivity contribution is 0.0946. The van der Waals surface area contributed by atoms with Crippen LogP contribution in [-0.2, 0) is 6.54 Å². The highest BCUT2D eigenvalue weighted by atomic mass is 16.2. The molecule has 0 aliphatic heterocycles. The van der Waals surface area contributed by atoms with Crippen molar-refractivity contribution in [2.24, 2.45) is 0 Å². The molecule has 3 rings (SSSR count). The Balaban J connectivity index is 1.61. The predicted molar refractivity (Wildman–Crippen MR) is 89.6 cm³/mol. The first-order valence-electron chi connectivity index (χ1n) is 7.57. The molecule has 0 radical (unpaired) electrons. The molecule has 2 aromatic heterocycles. The Hall–Kier alpha value is -3.22. The van der Waals surface area contributed by atoms with Gasteiger partial charge < -0.3 is 5.32 Å². The molecule has 0 saturated heterocycles. The third-order valence-corrected chi connectivity index (χ3v) is 3.50. The van der Waals surface area contributed by atoms with Crippen molar-refractivity contribution in [2.75, 3.05) is 6.54 Å². The van der Waals surface area contributed by atoms with Gasteiger partial charge in [-0.2, -0.15) is 10.2 Å². The lowest BCUT2D eigenvalue weighted by Crippen LogP contribution is -2.32. The molecule has 122 valence electrons. The van der Waals surface area contributed by atoms with Gasteiger partial charge >= 0.3 is 0 Å². The molecule has 0 aliphatic rings. The van der Waals surface area contributed by atoms with Crippen LogP contribution < -0.4 is 10.9 Å². The van der Waals surface area contributed by atoms with E-state index in [9.17, 15) is 9.59 Å². The van der Waals surface area contributed by atoms with Gasteiger partial charge in [-0.1, -0.05) is 30.3 Å². The van der Waals surface area contributed by atoms with E-state index < -0.39 is 0 Å². The number of hydrogen-bond donors (Lipinski definition) is 2. The second-order valence-corrected chi connectivity index (χ2v) is 5.32. The van der Waals surface area contributed by atoms with Crippen LogP contribution in [0.3, 0.4) is 0 Å². The minimum atomic E-state index is -0.273. The van der Waals surface area contributed by atoms with E-state index in [1.165, 1.54) is 10.7 Å². The first-order valence-corrected chi connectivity index (χ1v) is 7.57.